The number of hydrogen-bond donors (Lipinski definition) is 0. The van der Waals surface area contributed by atoms with Gasteiger partial charge in [-0.05, 0) is 0 Å². The second-order valence-electron chi connectivity index (χ2n) is 5.19. The third-order valence-corrected chi connectivity index (χ3v) is 6.00. The molecule has 24 heavy (non-hydrogen) atoms. The monoisotopic (exact) mass is 472 g/mol. The largest absolute Gasteiger partial charge is 0.457 e. The van der Waals surface area contributed by atoms with Crippen LogP contribution in [-0.2, 0) is 38.1 Å². The average Bonchev–Trinajstić information content (AvgIpc) is 2.42. The summed E-state index contributed by atoms with van der Waals surface area (Å²) in [5.74, 6) is -2.53. The zero-order chi connectivity index (χ0) is 18.6. The van der Waals surface area contributed by atoms with Crippen molar-refractivity contribution in [1.82, 2.24) is 0 Å². The minimum absolute atomic E-state index is 0.568. The van der Waals surface area contributed by atoms with E-state index in [1.807, 2.05) is 0 Å². The number of carbonyl (C=O) groups is 4. The smallest absolute Gasteiger partial charge is 0.303 e. The molecule has 0 aliphatic heterocycles. The van der Waals surface area contributed by atoms with E-state index in [0.29, 0.717) is 0 Å². The van der Waals surface area contributed by atoms with Gasteiger partial charge in [0.1, 0.15) is 0 Å². The van der Waals surface area contributed by atoms with Gasteiger partial charge >= 0.3 is 23.9 Å². The van der Waals surface area contributed by atoms with Gasteiger partial charge in [0.2, 0.25) is 0 Å². The van der Waals surface area contributed by atoms with Crippen molar-refractivity contribution in [2.75, 3.05) is 0 Å². The van der Waals surface area contributed by atoms with Gasteiger partial charge in [-0.3, -0.25) is 19.2 Å². The van der Waals surface area contributed by atoms with Gasteiger partial charge in [0.05, 0.1) is 9.65 Å². The van der Waals surface area contributed by atoms with Gasteiger partial charge in [0, 0.05) is 27.7 Å². The zero-order valence-corrected chi connectivity index (χ0v) is 16.7. The summed E-state index contributed by atoms with van der Waals surface area (Å²) in [4.78, 5) is 44.6. The Hall–Kier alpha value is -1.16. The Kier molecular flexibility index (Phi) is 7.65. The van der Waals surface area contributed by atoms with Gasteiger partial charge in [0.25, 0.3) is 0 Å². The summed E-state index contributed by atoms with van der Waals surface area (Å²) < 4.78 is 20.9. The molecule has 0 aromatic heterocycles. The Morgan fingerprint density at radius 3 is 0.958 bits per heavy atom. The Balaban J connectivity index is 3.28. The normalized spacial score (nSPS) is 32.4. The van der Waals surface area contributed by atoms with Gasteiger partial charge in [-0.2, -0.15) is 0 Å². The van der Waals surface area contributed by atoms with Crippen LogP contribution in [0.3, 0.4) is 0 Å². The molecule has 0 radical (unpaired) electrons. The minimum Gasteiger partial charge on any atom is -0.457 e. The lowest BCUT2D eigenvalue weighted by atomic mass is 9.88. The number of halogens is 2. The third kappa shape index (κ3) is 5.44. The maximum absolute atomic E-state index is 11.5. The van der Waals surface area contributed by atoms with Crippen molar-refractivity contribution in [3.8, 4) is 0 Å². The molecule has 136 valence electrons. The molecule has 0 aromatic rings. The fraction of sp³-hybridized carbons (Fsp3) is 0.714. The second kappa shape index (κ2) is 8.80. The first-order valence-corrected chi connectivity index (χ1v) is 8.84. The maximum Gasteiger partial charge on any atom is 0.303 e. The molecule has 10 heteroatoms. The van der Waals surface area contributed by atoms with Crippen LogP contribution in [0.2, 0.25) is 0 Å². The van der Waals surface area contributed by atoms with Crippen molar-refractivity contribution in [2.24, 2.45) is 0 Å². The fourth-order valence-corrected chi connectivity index (χ4v) is 3.82. The molecule has 0 saturated heterocycles. The molecule has 0 heterocycles. The van der Waals surface area contributed by atoms with Gasteiger partial charge in [-0.1, -0.05) is 31.9 Å². The molecule has 1 saturated carbocycles. The molecule has 1 aliphatic rings. The predicted molar refractivity (Wildman–Crippen MR) is 87.6 cm³/mol. The van der Waals surface area contributed by atoms with Crippen LogP contribution in [0.25, 0.3) is 0 Å². The van der Waals surface area contributed by atoms with Gasteiger partial charge in [-0.25, -0.2) is 0 Å². The van der Waals surface area contributed by atoms with Gasteiger partial charge in [-0.15, -0.1) is 0 Å². The van der Waals surface area contributed by atoms with Crippen molar-refractivity contribution < 1.29 is 38.1 Å². The second-order valence-corrected chi connectivity index (χ2v) is 7.30. The summed E-state index contributed by atoms with van der Waals surface area (Å²) in [6.45, 7) is 4.74. The van der Waals surface area contributed by atoms with E-state index in [4.69, 9.17) is 18.9 Å². The minimum atomic E-state index is -1.14. The molecule has 8 nitrogen and oxygen atoms in total. The number of ether oxygens (including phenoxy) is 4. The van der Waals surface area contributed by atoms with Crippen LogP contribution >= 0.6 is 31.9 Å². The van der Waals surface area contributed by atoms with E-state index in [9.17, 15) is 19.2 Å². The standard InChI is InChI=1S/C14H18Br2O8/c1-5(17)21-11-9(15)10(16)12(22-6(2)18)14(24-8(4)20)13(11)23-7(3)19/h9-14H,1-4H3/t9-,10-,11+,12+,13+,14+/m0/s1. The summed E-state index contributed by atoms with van der Waals surface area (Å²) in [6, 6.07) is 0. The lowest BCUT2D eigenvalue weighted by molar-refractivity contribution is -0.206. The molecular weight excluding hydrogens is 456 g/mol. The number of hydrogen-bond acceptors (Lipinski definition) is 8. The predicted octanol–water partition coefficient (Wildman–Crippen LogP) is 1.25. The Morgan fingerprint density at radius 1 is 0.542 bits per heavy atom. The summed E-state index contributed by atoms with van der Waals surface area (Å²) in [6.07, 6.45) is -4.19. The van der Waals surface area contributed by atoms with E-state index in [1.54, 1.807) is 0 Å². The van der Waals surface area contributed by atoms with Crippen LogP contribution in [-0.4, -0.2) is 57.9 Å². The van der Waals surface area contributed by atoms with Crippen molar-refractivity contribution in [3.63, 3.8) is 0 Å². The van der Waals surface area contributed by atoms with Crippen LogP contribution in [0.4, 0.5) is 0 Å². The van der Waals surface area contributed by atoms with Crippen molar-refractivity contribution in [2.45, 2.75) is 61.8 Å². The van der Waals surface area contributed by atoms with E-state index in [1.165, 1.54) is 27.7 Å². The van der Waals surface area contributed by atoms with E-state index in [2.05, 4.69) is 31.9 Å². The molecule has 0 bridgehead atoms. The molecule has 1 aliphatic carbocycles. The Bertz CT molecular complexity index is 477. The van der Waals surface area contributed by atoms with Crippen molar-refractivity contribution in [1.29, 1.82) is 0 Å². The molecule has 6 atom stereocenters. The highest BCUT2D eigenvalue weighted by Gasteiger charge is 2.55. The lowest BCUT2D eigenvalue weighted by Crippen LogP contribution is -2.64. The molecule has 0 N–H and O–H groups in total. The number of esters is 4. The van der Waals surface area contributed by atoms with Crippen LogP contribution in [0.15, 0.2) is 0 Å². The quantitative estimate of drug-likeness (QED) is 0.341. The average molecular weight is 474 g/mol. The summed E-state index contributed by atoms with van der Waals surface area (Å²) in [7, 11) is 0. The Morgan fingerprint density at radius 2 is 0.750 bits per heavy atom. The van der Waals surface area contributed by atoms with Crippen LogP contribution < -0.4 is 0 Å². The molecule has 0 spiro atoms. The van der Waals surface area contributed by atoms with Gasteiger partial charge < -0.3 is 18.9 Å². The maximum atomic E-state index is 11.5. The zero-order valence-electron chi connectivity index (χ0n) is 13.5. The number of alkyl halides is 2. The van der Waals surface area contributed by atoms with Crippen LogP contribution in [0.5, 0.6) is 0 Å². The van der Waals surface area contributed by atoms with Gasteiger partial charge in [0.15, 0.2) is 24.4 Å². The van der Waals surface area contributed by atoms with E-state index in [-0.39, 0.29) is 0 Å². The number of carbonyl (C=O) groups excluding carboxylic acids is 4. The summed E-state index contributed by atoms with van der Waals surface area (Å²) in [5.41, 5.74) is 0. The van der Waals surface area contributed by atoms with E-state index >= 15 is 0 Å². The fourth-order valence-electron chi connectivity index (χ4n) is 2.40. The summed E-state index contributed by atoms with van der Waals surface area (Å²) >= 11 is 6.71. The van der Waals surface area contributed by atoms with E-state index in [0.717, 1.165) is 0 Å². The van der Waals surface area contributed by atoms with Crippen molar-refractivity contribution >= 4 is 55.7 Å². The highest BCUT2D eigenvalue weighted by atomic mass is 79.9. The molecular formula is C14H18Br2O8. The summed E-state index contributed by atoms with van der Waals surface area (Å²) in [5, 5.41) is 0. The topological polar surface area (TPSA) is 105 Å². The molecule has 0 aromatic carbocycles. The molecule has 0 amide bonds. The molecule has 1 rings (SSSR count). The highest BCUT2D eigenvalue weighted by Crippen LogP contribution is 2.38. The third-order valence-electron chi connectivity index (χ3n) is 3.11. The van der Waals surface area contributed by atoms with E-state index < -0.39 is 57.9 Å². The lowest BCUT2D eigenvalue weighted by Gasteiger charge is -2.45. The SMILES string of the molecule is CC(=O)O[C@H]1[C@H](OC(C)=O)[C@H](OC(C)=O)[C@@H](Br)[C@H](Br)[C@H]1OC(C)=O. The van der Waals surface area contributed by atoms with Crippen LogP contribution in [0, 0.1) is 0 Å². The first kappa shape index (κ1) is 20.9. The molecule has 0 unspecified atom stereocenters. The molecule has 1 fully saturated rings. The first-order valence-electron chi connectivity index (χ1n) is 7.01. The Labute approximate surface area is 155 Å². The first-order chi connectivity index (χ1) is 11.0. The van der Waals surface area contributed by atoms with Crippen LogP contribution in [0.1, 0.15) is 27.7 Å². The highest BCUT2D eigenvalue weighted by molar-refractivity contribution is 9.12. The van der Waals surface area contributed by atoms with Crippen molar-refractivity contribution in [3.05, 3.63) is 0 Å². The number of rotatable bonds is 4.